The molecule has 1 saturated heterocycles. The molecule has 0 radical (unpaired) electrons. The van der Waals surface area contributed by atoms with Crippen molar-refractivity contribution in [2.75, 3.05) is 26.7 Å². The van der Waals surface area contributed by atoms with E-state index in [0.717, 1.165) is 17.8 Å². The van der Waals surface area contributed by atoms with Gasteiger partial charge in [-0.2, -0.15) is 4.31 Å². The van der Waals surface area contributed by atoms with Gasteiger partial charge in [-0.1, -0.05) is 6.07 Å². The van der Waals surface area contributed by atoms with E-state index in [0.29, 0.717) is 13.0 Å². The Labute approximate surface area is 152 Å². The van der Waals surface area contributed by atoms with Crippen LogP contribution in [-0.4, -0.2) is 55.2 Å². The van der Waals surface area contributed by atoms with E-state index in [-0.39, 0.29) is 23.9 Å². The predicted molar refractivity (Wildman–Crippen MR) is 94.2 cm³/mol. The molecule has 1 aromatic heterocycles. The number of carbonyl (C=O) groups is 1. The van der Waals surface area contributed by atoms with Crippen LogP contribution in [0, 0.1) is 11.7 Å². The van der Waals surface area contributed by atoms with Gasteiger partial charge >= 0.3 is 0 Å². The molecule has 1 atom stereocenters. The molecule has 0 spiro atoms. The summed E-state index contributed by atoms with van der Waals surface area (Å²) in [6.07, 6.45) is 2.01. The zero-order chi connectivity index (χ0) is 18.7. The highest BCUT2D eigenvalue weighted by atomic mass is 32.2. The second-order valence-electron chi connectivity index (χ2n) is 6.30. The smallest absolute Gasteiger partial charge is 0.243 e. The quantitative estimate of drug-likeness (QED) is 0.810. The molecule has 1 fully saturated rings. The number of carbonyl (C=O) groups excluding carboxylic acids is 1. The van der Waals surface area contributed by atoms with Crippen LogP contribution in [0.25, 0.3) is 0 Å². The zero-order valence-corrected chi connectivity index (χ0v) is 15.2. The third-order valence-corrected chi connectivity index (χ3v) is 6.35. The van der Waals surface area contributed by atoms with Gasteiger partial charge in [-0.05, 0) is 36.4 Å². The Morgan fingerprint density at radius 1 is 1.15 bits per heavy atom. The number of aromatic nitrogens is 1. The molecule has 3 rings (SSSR count). The van der Waals surface area contributed by atoms with Gasteiger partial charge in [-0.25, -0.2) is 12.8 Å². The highest BCUT2D eigenvalue weighted by Gasteiger charge is 2.34. The fraction of sp³-hybridized carbons (Fsp3) is 0.333. The summed E-state index contributed by atoms with van der Waals surface area (Å²) in [5, 5.41) is 0. The number of sulfonamides is 1. The Kier molecular flexibility index (Phi) is 5.33. The summed E-state index contributed by atoms with van der Waals surface area (Å²) in [5.74, 6) is -1.12. The molecule has 0 bridgehead atoms. The SMILES string of the molecule is CN1CCN(S(=O)(=O)c2ccc(F)cc2)C[C@@H](Cc2ccccn2)C1=O. The van der Waals surface area contributed by atoms with Crippen molar-refractivity contribution in [2.45, 2.75) is 11.3 Å². The molecule has 2 heterocycles. The molecule has 1 aromatic carbocycles. The van der Waals surface area contributed by atoms with E-state index in [1.807, 2.05) is 12.1 Å². The summed E-state index contributed by atoms with van der Waals surface area (Å²) in [5.41, 5.74) is 0.736. The van der Waals surface area contributed by atoms with Gasteiger partial charge in [0.1, 0.15) is 5.82 Å². The molecule has 0 aliphatic carbocycles. The molecule has 0 unspecified atom stereocenters. The van der Waals surface area contributed by atoms with Gasteiger partial charge in [0.05, 0.1) is 10.8 Å². The molecule has 2 aromatic rings. The largest absolute Gasteiger partial charge is 0.344 e. The van der Waals surface area contributed by atoms with Crippen molar-refractivity contribution in [3.05, 3.63) is 60.2 Å². The minimum absolute atomic E-state index is 0.0208. The summed E-state index contributed by atoms with van der Waals surface area (Å²) < 4.78 is 40.3. The predicted octanol–water partition coefficient (Wildman–Crippen LogP) is 1.54. The first kappa shape index (κ1) is 18.5. The topological polar surface area (TPSA) is 70.6 Å². The van der Waals surface area contributed by atoms with E-state index in [1.165, 1.54) is 16.4 Å². The number of hydrogen-bond acceptors (Lipinski definition) is 4. The van der Waals surface area contributed by atoms with Gasteiger partial charge in [0, 0.05) is 45.0 Å². The first-order valence-electron chi connectivity index (χ1n) is 8.28. The summed E-state index contributed by atoms with van der Waals surface area (Å²) >= 11 is 0. The zero-order valence-electron chi connectivity index (χ0n) is 14.4. The highest BCUT2D eigenvalue weighted by molar-refractivity contribution is 7.89. The van der Waals surface area contributed by atoms with Crippen molar-refractivity contribution in [3.63, 3.8) is 0 Å². The maximum Gasteiger partial charge on any atom is 0.243 e. The highest BCUT2D eigenvalue weighted by Crippen LogP contribution is 2.22. The van der Waals surface area contributed by atoms with E-state index in [4.69, 9.17) is 0 Å². The number of rotatable bonds is 4. The van der Waals surface area contributed by atoms with Crippen LogP contribution in [0.15, 0.2) is 53.6 Å². The lowest BCUT2D eigenvalue weighted by molar-refractivity contribution is -0.133. The second kappa shape index (κ2) is 7.51. The minimum atomic E-state index is -3.81. The summed E-state index contributed by atoms with van der Waals surface area (Å²) in [6, 6.07) is 10.2. The number of pyridine rings is 1. The first-order chi connectivity index (χ1) is 12.4. The minimum Gasteiger partial charge on any atom is -0.344 e. The third kappa shape index (κ3) is 3.91. The van der Waals surface area contributed by atoms with Crippen LogP contribution >= 0.6 is 0 Å². The van der Waals surface area contributed by atoms with Crippen LogP contribution in [0.4, 0.5) is 4.39 Å². The van der Waals surface area contributed by atoms with Crippen LogP contribution in [-0.2, 0) is 21.2 Å². The van der Waals surface area contributed by atoms with Crippen molar-refractivity contribution in [1.29, 1.82) is 0 Å². The molecule has 0 N–H and O–H groups in total. The Morgan fingerprint density at radius 3 is 2.54 bits per heavy atom. The van der Waals surface area contributed by atoms with Gasteiger partial charge < -0.3 is 4.90 Å². The monoisotopic (exact) mass is 377 g/mol. The fourth-order valence-corrected chi connectivity index (χ4v) is 4.47. The Hall–Kier alpha value is -2.32. The number of benzene rings is 1. The van der Waals surface area contributed by atoms with Crippen molar-refractivity contribution in [1.82, 2.24) is 14.2 Å². The van der Waals surface area contributed by atoms with Crippen LogP contribution < -0.4 is 0 Å². The lowest BCUT2D eigenvalue weighted by Gasteiger charge is -2.22. The van der Waals surface area contributed by atoms with Crippen molar-refractivity contribution < 1.29 is 17.6 Å². The van der Waals surface area contributed by atoms with Gasteiger partial charge in [0.2, 0.25) is 15.9 Å². The van der Waals surface area contributed by atoms with E-state index in [2.05, 4.69) is 4.98 Å². The number of nitrogens with zero attached hydrogens (tertiary/aromatic N) is 3. The second-order valence-corrected chi connectivity index (χ2v) is 8.24. The van der Waals surface area contributed by atoms with Crippen LogP contribution in [0.2, 0.25) is 0 Å². The number of likely N-dealkylation sites (N-methyl/N-ethyl adjacent to an activating group) is 1. The molecule has 0 saturated carbocycles. The molecule has 8 heteroatoms. The lowest BCUT2D eigenvalue weighted by Crippen LogP contribution is -2.37. The average molecular weight is 377 g/mol. The molecule has 1 amide bonds. The average Bonchev–Trinajstić information content (AvgIpc) is 2.77. The van der Waals surface area contributed by atoms with E-state index >= 15 is 0 Å². The van der Waals surface area contributed by atoms with E-state index < -0.39 is 21.8 Å². The van der Waals surface area contributed by atoms with Crippen molar-refractivity contribution >= 4 is 15.9 Å². The standard InChI is InChI=1S/C18H20FN3O3S/c1-21-10-11-22(26(24,25)17-7-5-15(19)6-8-17)13-14(18(21)23)12-16-4-2-3-9-20-16/h2-9,14H,10-13H2,1H3/t14-/m1/s1. The van der Waals surface area contributed by atoms with Gasteiger partial charge in [-0.3, -0.25) is 9.78 Å². The van der Waals surface area contributed by atoms with Crippen LogP contribution in [0.5, 0.6) is 0 Å². The summed E-state index contributed by atoms with van der Waals surface area (Å²) in [7, 11) is -2.14. The van der Waals surface area contributed by atoms with Crippen molar-refractivity contribution in [2.24, 2.45) is 5.92 Å². The third-order valence-electron chi connectivity index (χ3n) is 4.47. The molecular weight excluding hydrogens is 357 g/mol. The molecule has 138 valence electrons. The van der Waals surface area contributed by atoms with Gasteiger partial charge in [-0.15, -0.1) is 0 Å². The maximum atomic E-state index is 13.1. The Morgan fingerprint density at radius 2 is 1.88 bits per heavy atom. The molecular formula is C18H20FN3O3S. The van der Waals surface area contributed by atoms with E-state index in [9.17, 15) is 17.6 Å². The number of halogens is 1. The van der Waals surface area contributed by atoms with Crippen LogP contribution in [0.1, 0.15) is 5.69 Å². The maximum absolute atomic E-state index is 13.1. The molecule has 1 aliphatic heterocycles. The van der Waals surface area contributed by atoms with Crippen LogP contribution in [0.3, 0.4) is 0 Å². The van der Waals surface area contributed by atoms with Gasteiger partial charge in [0.25, 0.3) is 0 Å². The normalized spacial score (nSPS) is 19.4. The van der Waals surface area contributed by atoms with Gasteiger partial charge in [0.15, 0.2) is 0 Å². The lowest BCUT2D eigenvalue weighted by atomic mass is 10.0. The Bertz CT molecular complexity index is 872. The fourth-order valence-electron chi connectivity index (χ4n) is 3.00. The summed E-state index contributed by atoms with van der Waals surface area (Å²) in [6.45, 7) is 0.568. The Balaban J connectivity index is 1.87. The summed E-state index contributed by atoms with van der Waals surface area (Å²) in [4.78, 5) is 18.4. The molecule has 1 aliphatic rings. The van der Waals surface area contributed by atoms with Crippen molar-refractivity contribution in [3.8, 4) is 0 Å². The van der Waals surface area contributed by atoms with E-state index in [1.54, 1.807) is 24.2 Å². The molecule has 26 heavy (non-hydrogen) atoms. The number of amides is 1. The first-order valence-corrected chi connectivity index (χ1v) is 9.72. The molecule has 6 nitrogen and oxygen atoms in total. The number of hydrogen-bond donors (Lipinski definition) is 0.